The van der Waals surface area contributed by atoms with Crippen LogP contribution in [0.5, 0.6) is 0 Å². The monoisotopic (exact) mass is 677 g/mol. The molecule has 1 aromatic heterocycles. The lowest BCUT2D eigenvalue weighted by molar-refractivity contribution is 0.934. The van der Waals surface area contributed by atoms with Crippen LogP contribution in [0.25, 0.3) is 21.0 Å². The van der Waals surface area contributed by atoms with Gasteiger partial charge in [-0.25, -0.2) is 4.98 Å². The Morgan fingerprint density at radius 3 is 1.45 bits per heavy atom. The second-order valence-corrected chi connectivity index (χ2v) is 12.2. The van der Waals surface area contributed by atoms with Crippen LogP contribution in [0.4, 0.5) is 0 Å². The van der Waals surface area contributed by atoms with E-state index in [2.05, 4.69) is 56.1 Å². The third-order valence-electron chi connectivity index (χ3n) is 7.14. The van der Waals surface area contributed by atoms with Crippen LogP contribution < -0.4 is 45.9 Å². The summed E-state index contributed by atoms with van der Waals surface area (Å²) in [5.74, 6) is 6.91. The fourth-order valence-electron chi connectivity index (χ4n) is 4.99. The number of benzene rings is 3. The number of aliphatic imine (C=N–C) groups is 4. The van der Waals surface area contributed by atoms with Gasteiger partial charge in [-0.1, -0.05) is 48.2 Å². The van der Waals surface area contributed by atoms with Crippen LogP contribution in [0.3, 0.4) is 0 Å². The van der Waals surface area contributed by atoms with Gasteiger partial charge in [0.25, 0.3) is 0 Å². The summed E-state index contributed by atoms with van der Waals surface area (Å²) < 4.78 is 0. The summed E-state index contributed by atoms with van der Waals surface area (Å²) in [6.45, 7) is 1.93. The van der Waals surface area contributed by atoms with Crippen molar-refractivity contribution in [3.05, 3.63) is 100 Å². The van der Waals surface area contributed by atoms with Crippen LogP contribution in [0, 0.1) is 11.8 Å². The van der Waals surface area contributed by atoms with Crippen molar-refractivity contribution in [3.8, 4) is 32.9 Å². The molecular formula is C35H43N13S. The van der Waals surface area contributed by atoms with Crippen molar-refractivity contribution in [3.63, 3.8) is 0 Å². The maximum atomic E-state index is 5.53. The van der Waals surface area contributed by atoms with Gasteiger partial charge in [-0.15, -0.1) is 11.3 Å². The van der Waals surface area contributed by atoms with Crippen molar-refractivity contribution >= 4 is 35.2 Å². The Labute approximate surface area is 290 Å². The first kappa shape index (κ1) is 35.8. The molecule has 0 atom stereocenters. The molecule has 0 unspecified atom stereocenters. The number of nitrogens with two attached hydrogens (primary N) is 8. The Kier molecular flexibility index (Phi) is 13.0. The zero-order chi connectivity index (χ0) is 35.2. The molecule has 4 rings (SSSR count). The maximum Gasteiger partial charge on any atom is 0.185 e. The summed E-state index contributed by atoms with van der Waals surface area (Å²) in [6.07, 6.45) is 4.60. The maximum absolute atomic E-state index is 5.53. The Morgan fingerprint density at radius 1 is 0.531 bits per heavy atom. The Balaban J connectivity index is 1.58. The highest BCUT2D eigenvalue weighted by Gasteiger charge is 2.10. The van der Waals surface area contributed by atoms with E-state index in [1.807, 2.05) is 42.6 Å². The summed E-state index contributed by atoms with van der Waals surface area (Å²) in [7, 11) is 0. The van der Waals surface area contributed by atoms with Gasteiger partial charge in [0.1, 0.15) is 5.01 Å². The van der Waals surface area contributed by atoms with Crippen LogP contribution >= 0.6 is 11.3 Å². The highest BCUT2D eigenvalue weighted by Crippen LogP contribution is 2.33. The topological polar surface area (TPSA) is 270 Å². The third-order valence-corrected chi connectivity index (χ3v) is 8.23. The minimum absolute atomic E-state index is 0.0634. The first-order chi connectivity index (χ1) is 23.5. The SMILES string of the molecule is NC(N)=NCCc1cc(C#Cc2cccc(-c3ncc(-c4cc(CCN=C(N)N)cc(CCN=C(N)N)c4)s3)c2)cc(CCN=C(N)N)c1. The van der Waals surface area contributed by atoms with E-state index >= 15 is 0 Å². The predicted octanol–water partition coefficient (Wildman–Crippen LogP) is 1.14. The van der Waals surface area contributed by atoms with Gasteiger partial charge in [0.05, 0.1) is 4.88 Å². The molecule has 0 aliphatic heterocycles. The molecule has 14 heteroatoms. The van der Waals surface area contributed by atoms with Gasteiger partial charge in [-0.3, -0.25) is 20.0 Å². The van der Waals surface area contributed by atoms with Crippen LogP contribution in [0.2, 0.25) is 0 Å². The highest BCUT2D eigenvalue weighted by molar-refractivity contribution is 7.18. The van der Waals surface area contributed by atoms with Crippen molar-refractivity contribution in [2.75, 3.05) is 26.2 Å². The minimum Gasteiger partial charge on any atom is -0.370 e. The molecular weight excluding hydrogens is 635 g/mol. The second-order valence-electron chi connectivity index (χ2n) is 11.2. The molecule has 0 radical (unpaired) electrons. The normalized spacial score (nSPS) is 10.4. The highest BCUT2D eigenvalue weighted by atomic mass is 32.1. The molecule has 1 heterocycles. The van der Waals surface area contributed by atoms with Crippen LogP contribution in [0.1, 0.15) is 33.4 Å². The predicted molar refractivity (Wildman–Crippen MR) is 203 cm³/mol. The van der Waals surface area contributed by atoms with E-state index in [4.69, 9.17) is 50.9 Å². The van der Waals surface area contributed by atoms with Gasteiger partial charge in [0.15, 0.2) is 23.8 Å². The van der Waals surface area contributed by atoms with E-state index in [-0.39, 0.29) is 23.8 Å². The number of guanidine groups is 4. The Hall–Kier alpha value is -6.07. The molecule has 4 aromatic rings. The van der Waals surface area contributed by atoms with E-state index in [0.29, 0.717) is 51.9 Å². The molecule has 0 saturated carbocycles. The van der Waals surface area contributed by atoms with Gasteiger partial charge in [-0.2, -0.15) is 0 Å². The molecule has 13 nitrogen and oxygen atoms in total. The molecule has 0 saturated heterocycles. The van der Waals surface area contributed by atoms with E-state index < -0.39 is 0 Å². The summed E-state index contributed by atoms with van der Waals surface area (Å²) in [4.78, 5) is 22.3. The molecule has 0 aliphatic rings. The fourth-order valence-corrected chi connectivity index (χ4v) is 5.89. The van der Waals surface area contributed by atoms with E-state index in [0.717, 1.165) is 54.4 Å². The molecule has 49 heavy (non-hydrogen) atoms. The van der Waals surface area contributed by atoms with Gasteiger partial charge < -0.3 is 45.9 Å². The fraction of sp³-hybridized carbons (Fsp3) is 0.229. The summed E-state index contributed by atoms with van der Waals surface area (Å²) in [6, 6.07) is 20.7. The lowest BCUT2D eigenvalue weighted by Gasteiger charge is -2.08. The van der Waals surface area contributed by atoms with Crippen molar-refractivity contribution < 1.29 is 0 Å². The average Bonchev–Trinajstić information content (AvgIpc) is 3.54. The first-order valence-corrected chi connectivity index (χ1v) is 16.4. The molecule has 3 aromatic carbocycles. The smallest absolute Gasteiger partial charge is 0.185 e. The standard InChI is InChI=1S/C35H43N13S/c36-32(37)44-10-6-24-14-23(15-25(16-24)7-11-45-33(38)39)5-4-22-2-1-3-28(18-22)31-48-21-30(49-31)29-19-26(8-12-46-34(40)41)17-27(20-29)9-13-47-35(42)43/h1-3,14-21H,6-13H2,(H4,36,37,44)(H4,38,39,45)(H4,40,41,46)(H4,42,43,47). The lowest BCUT2D eigenvalue weighted by atomic mass is 10.0. The van der Waals surface area contributed by atoms with E-state index in [9.17, 15) is 0 Å². The van der Waals surface area contributed by atoms with Gasteiger partial charge >= 0.3 is 0 Å². The van der Waals surface area contributed by atoms with Crippen molar-refractivity contribution in [1.82, 2.24) is 4.98 Å². The van der Waals surface area contributed by atoms with Crippen LogP contribution in [0.15, 0.2) is 86.8 Å². The quantitative estimate of drug-likeness (QED) is 0.0539. The van der Waals surface area contributed by atoms with Gasteiger partial charge in [0.2, 0.25) is 0 Å². The molecule has 254 valence electrons. The number of hydrogen-bond acceptors (Lipinski definition) is 6. The molecule has 0 aliphatic carbocycles. The lowest BCUT2D eigenvalue weighted by Crippen LogP contribution is -2.23. The Bertz CT molecular complexity index is 1830. The third kappa shape index (κ3) is 12.2. The zero-order valence-electron chi connectivity index (χ0n) is 27.3. The molecule has 0 bridgehead atoms. The van der Waals surface area contributed by atoms with Gasteiger partial charge in [0, 0.05) is 49.1 Å². The minimum atomic E-state index is 0.0634. The number of hydrogen-bond donors (Lipinski definition) is 8. The molecule has 0 fully saturated rings. The number of rotatable bonds is 14. The molecule has 16 N–H and O–H groups in total. The van der Waals surface area contributed by atoms with Crippen molar-refractivity contribution in [1.29, 1.82) is 0 Å². The average molecular weight is 678 g/mol. The first-order valence-electron chi connectivity index (χ1n) is 15.6. The zero-order valence-corrected chi connectivity index (χ0v) is 28.1. The number of aromatic nitrogens is 1. The summed E-state index contributed by atoms with van der Waals surface area (Å²) >= 11 is 1.61. The van der Waals surface area contributed by atoms with Gasteiger partial charge in [-0.05, 0) is 77.8 Å². The van der Waals surface area contributed by atoms with E-state index in [1.54, 1.807) is 11.3 Å². The van der Waals surface area contributed by atoms with Crippen LogP contribution in [-0.4, -0.2) is 55.0 Å². The molecule has 0 spiro atoms. The summed E-state index contributed by atoms with van der Waals surface area (Å²) in [5.41, 5.74) is 52.3. The Morgan fingerprint density at radius 2 is 0.980 bits per heavy atom. The van der Waals surface area contributed by atoms with Crippen LogP contribution in [-0.2, 0) is 25.7 Å². The van der Waals surface area contributed by atoms with Crippen molar-refractivity contribution in [2.24, 2.45) is 65.8 Å². The molecule has 0 amide bonds. The number of thiazole rings is 1. The number of nitrogens with zero attached hydrogens (tertiary/aromatic N) is 5. The largest absolute Gasteiger partial charge is 0.370 e. The second kappa shape index (κ2) is 17.7. The summed E-state index contributed by atoms with van der Waals surface area (Å²) in [5, 5.41) is 0.885. The van der Waals surface area contributed by atoms with Crippen molar-refractivity contribution in [2.45, 2.75) is 25.7 Å². The van der Waals surface area contributed by atoms with E-state index in [1.165, 1.54) is 0 Å².